The quantitative estimate of drug-likeness (QED) is 0.823. The third-order valence-corrected chi connectivity index (χ3v) is 4.12. The number of ether oxygens (including phenoxy) is 1. The maximum atomic E-state index is 6.17. The molecule has 0 aromatic heterocycles. The molecule has 0 radical (unpaired) electrons. The molecule has 4 heteroatoms. The molecule has 0 amide bonds. The van der Waals surface area contributed by atoms with Crippen LogP contribution in [0.25, 0.3) is 0 Å². The molecule has 1 aliphatic rings. The number of para-hydroxylation sites is 1. The van der Waals surface area contributed by atoms with Gasteiger partial charge >= 0.3 is 0 Å². The van der Waals surface area contributed by atoms with E-state index in [-0.39, 0.29) is 0 Å². The number of hydrogen-bond acceptors (Lipinski definition) is 2. The molecular weight excluding hydrogens is 305 g/mol. The first kappa shape index (κ1) is 14.7. The van der Waals surface area contributed by atoms with Gasteiger partial charge in [-0.1, -0.05) is 47.5 Å². The topological polar surface area (TPSA) is 21.3 Å². The van der Waals surface area contributed by atoms with Crippen LogP contribution in [-0.2, 0) is 13.2 Å². The summed E-state index contributed by atoms with van der Waals surface area (Å²) in [6.07, 6.45) is 2.56. The second-order valence-electron chi connectivity index (χ2n) is 5.29. The number of benzene rings is 2. The summed E-state index contributed by atoms with van der Waals surface area (Å²) >= 11 is 12.1. The summed E-state index contributed by atoms with van der Waals surface area (Å²) in [5.41, 5.74) is 2.11. The van der Waals surface area contributed by atoms with Gasteiger partial charge in [-0.15, -0.1) is 0 Å². The molecule has 1 aliphatic carbocycles. The fourth-order valence-electron chi connectivity index (χ4n) is 2.13. The summed E-state index contributed by atoms with van der Waals surface area (Å²) < 4.78 is 5.93. The molecule has 2 aromatic rings. The van der Waals surface area contributed by atoms with E-state index in [1.807, 2.05) is 30.3 Å². The van der Waals surface area contributed by atoms with Gasteiger partial charge in [0, 0.05) is 33.8 Å². The Morgan fingerprint density at radius 2 is 1.86 bits per heavy atom. The Morgan fingerprint density at radius 1 is 1.05 bits per heavy atom. The van der Waals surface area contributed by atoms with Crippen LogP contribution in [0.2, 0.25) is 10.0 Å². The van der Waals surface area contributed by atoms with Gasteiger partial charge in [-0.2, -0.15) is 0 Å². The van der Waals surface area contributed by atoms with Crippen LogP contribution in [0.5, 0.6) is 5.75 Å². The molecule has 0 bridgehead atoms. The highest BCUT2D eigenvalue weighted by molar-refractivity contribution is 6.35. The predicted octanol–water partition coefficient (Wildman–Crippen LogP) is 4.82. The molecule has 2 nitrogen and oxygen atoms in total. The summed E-state index contributed by atoms with van der Waals surface area (Å²) in [6, 6.07) is 14.3. The Labute approximate surface area is 135 Å². The monoisotopic (exact) mass is 321 g/mol. The molecule has 0 aliphatic heterocycles. The Morgan fingerprint density at radius 3 is 2.62 bits per heavy atom. The van der Waals surface area contributed by atoms with Crippen molar-refractivity contribution in [2.45, 2.75) is 32.0 Å². The van der Waals surface area contributed by atoms with Crippen LogP contribution in [0.15, 0.2) is 42.5 Å². The van der Waals surface area contributed by atoms with E-state index in [4.69, 9.17) is 27.9 Å². The highest BCUT2D eigenvalue weighted by Gasteiger charge is 2.20. The highest BCUT2D eigenvalue weighted by atomic mass is 35.5. The van der Waals surface area contributed by atoms with Gasteiger partial charge in [0.1, 0.15) is 12.4 Å². The van der Waals surface area contributed by atoms with Crippen molar-refractivity contribution in [2.75, 3.05) is 0 Å². The first-order chi connectivity index (χ1) is 10.2. The lowest BCUT2D eigenvalue weighted by Gasteiger charge is -2.13. The third kappa shape index (κ3) is 4.13. The molecule has 1 N–H and O–H groups in total. The molecular formula is C17H17Cl2NO. The lowest BCUT2D eigenvalue weighted by atomic mass is 10.2. The van der Waals surface area contributed by atoms with E-state index in [0.717, 1.165) is 17.9 Å². The van der Waals surface area contributed by atoms with Crippen LogP contribution in [0.1, 0.15) is 24.0 Å². The second kappa shape index (κ2) is 6.69. The van der Waals surface area contributed by atoms with Crippen molar-refractivity contribution >= 4 is 23.2 Å². The lowest BCUT2D eigenvalue weighted by molar-refractivity contribution is 0.302. The lowest BCUT2D eigenvalue weighted by Crippen LogP contribution is -2.16. The molecule has 2 aromatic carbocycles. The Hall–Kier alpha value is -1.22. The van der Waals surface area contributed by atoms with Crippen LogP contribution in [-0.4, -0.2) is 6.04 Å². The van der Waals surface area contributed by atoms with E-state index < -0.39 is 0 Å². The van der Waals surface area contributed by atoms with E-state index in [9.17, 15) is 0 Å². The Balaban J connectivity index is 1.66. The van der Waals surface area contributed by atoms with Crippen LogP contribution in [0, 0.1) is 0 Å². The van der Waals surface area contributed by atoms with E-state index in [0.29, 0.717) is 22.7 Å². The van der Waals surface area contributed by atoms with E-state index in [1.165, 1.54) is 18.4 Å². The first-order valence-corrected chi connectivity index (χ1v) is 7.86. The molecule has 21 heavy (non-hydrogen) atoms. The van der Waals surface area contributed by atoms with Crippen molar-refractivity contribution in [3.63, 3.8) is 0 Å². The van der Waals surface area contributed by atoms with Gasteiger partial charge in [-0.25, -0.2) is 0 Å². The van der Waals surface area contributed by atoms with Crippen LogP contribution in [0.4, 0.5) is 0 Å². The van der Waals surface area contributed by atoms with Gasteiger partial charge in [0.05, 0.1) is 0 Å². The number of halogens is 2. The van der Waals surface area contributed by atoms with Crippen LogP contribution in [0.3, 0.4) is 0 Å². The molecule has 110 valence electrons. The van der Waals surface area contributed by atoms with E-state index >= 15 is 0 Å². The zero-order valence-corrected chi connectivity index (χ0v) is 13.1. The molecule has 0 spiro atoms. The van der Waals surface area contributed by atoms with Crippen molar-refractivity contribution in [3.8, 4) is 5.75 Å². The van der Waals surface area contributed by atoms with Gasteiger partial charge in [0.25, 0.3) is 0 Å². The van der Waals surface area contributed by atoms with Gasteiger partial charge in [-0.3, -0.25) is 0 Å². The molecule has 0 unspecified atom stereocenters. The normalized spacial score (nSPS) is 14.2. The number of hydrogen-bond donors (Lipinski definition) is 1. The summed E-state index contributed by atoms with van der Waals surface area (Å²) in [4.78, 5) is 0. The SMILES string of the molecule is Clc1ccc(COc2ccccc2CNC2CC2)c(Cl)c1. The molecule has 3 rings (SSSR count). The highest BCUT2D eigenvalue weighted by Crippen LogP contribution is 2.25. The van der Waals surface area contributed by atoms with Gasteiger partial charge in [0.15, 0.2) is 0 Å². The van der Waals surface area contributed by atoms with Crippen LogP contribution < -0.4 is 10.1 Å². The van der Waals surface area contributed by atoms with Crippen molar-refractivity contribution in [1.82, 2.24) is 5.32 Å². The standard InChI is InChI=1S/C17H17Cl2NO/c18-14-6-5-13(16(19)9-14)11-21-17-4-2-1-3-12(17)10-20-15-7-8-15/h1-6,9,15,20H,7-8,10-11H2. The average molecular weight is 322 g/mol. The molecule has 0 heterocycles. The minimum absolute atomic E-state index is 0.441. The van der Waals surface area contributed by atoms with Crippen molar-refractivity contribution in [3.05, 3.63) is 63.6 Å². The Bertz CT molecular complexity index is 626. The fraction of sp³-hybridized carbons (Fsp3) is 0.294. The molecule has 0 atom stereocenters. The second-order valence-corrected chi connectivity index (χ2v) is 6.13. The summed E-state index contributed by atoms with van der Waals surface area (Å²) in [5.74, 6) is 0.900. The summed E-state index contributed by atoms with van der Waals surface area (Å²) in [6.45, 7) is 1.28. The summed E-state index contributed by atoms with van der Waals surface area (Å²) in [7, 11) is 0. The minimum Gasteiger partial charge on any atom is -0.489 e. The first-order valence-electron chi connectivity index (χ1n) is 7.10. The van der Waals surface area contributed by atoms with E-state index in [1.54, 1.807) is 6.07 Å². The van der Waals surface area contributed by atoms with Crippen molar-refractivity contribution in [1.29, 1.82) is 0 Å². The zero-order valence-electron chi connectivity index (χ0n) is 11.6. The Kier molecular flexibility index (Phi) is 4.69. The molecule has 1 fully saturated rings. The largest absolute Gasteiger partial charge is 0.489 e. The minimum atomic E-state index is 0.441. The summed E-state index contributed by atoms with van der Waals surface area (Å²) in [5, 5.41) is 4.78. The maximum absolute atomic E-state index is 6.17. The zero-order chi connectivity index (χ0) is 14.7. The van der Waals surface area contributed by atoms with E-state index in [2.05, 4.69) is 11.4 Å². The fourth-order valence-corrected chi connectivity index (χ4v) is 2.59. The van der Waals surface area contributed by atoms with Crippen molar-refractivity contribution < 1.29 is 4.74 Å². The van der Waals surface area contributed by atoms with Crippen LogP contribution >= 0.6 is 23.2 Å². The average Bonchev–Trinajstić information content (AvgIpc) is 3.29. The van der Waals surface area contributed by atoms with Gasteiger partial charge < -0.3 is 10.1 Å². The molecule has 0 saturated heterocycles. The van der Waals surface area contributed by atoms with Gasteiger partial charge in [-0.05, 0) is 31.0 Å². The smallest absolute Gasteiger partial charge is 0.124 e. The molecule has 1 saturated carbocycles. The van der Waals surface area contributed by atoms with Crippen molar-refractivity contribution in [2.24, 2.45) is 0 Å². The number of rotatable bonds is 6. The van der Waals surface area contributed by atoms with Gasteiger partial charge in [0.2, 0.25) is 0 Å². The third-order valence-electron chi connectivity index (χ3n) is 3.53. The maximum Gasteiger partial charge on any atom is 0.124 e. The number of nitrogens with one attached hydrogen (secondary N) is 1. The predicted molar refractivity (Wildman–Crippen MR) is 87.1 cm³/mol.